The van der Waals surface area contributed by atoms with E-state index >= 15 is 0 Å². The fraction of sp³-hybridized carbons (Fsp3) is 0.0625. The quantitative estimate of drug-likeness (QED) is 0.658. The number of rotatable bonds is 5. The maximum absolute atomic E-state index is 12.2. The number of benzene rings is 1. The number of hydrogen-bond acceptors (Lipinski definition) is 3. The minimum Gasteiger partial charge on any atom is -0.349 e. The summed E-state index contributed by atoms with van der Waals surface area (Å²) < 4.78 is 0. The molecule has 0 bridgehead atoms. The van der Waals surface area contributed by atoms with Crippen LogP contribution in [-0.4, -0.2) is 23.3 Å². The van der Waals surface area contributed by atoms with Crippen LogP contribution in [0.5, 0.6) is 0 Å². The van der Waals surface area contributed by atoms with E-state index in [1.54, 1.807) is 36.4 Å². The molecule has 2 rings (SSSR count). The fourth-order valence-electron chi connectivity index (χ4n) is 1.79. The Balaban J connectivity index is 2.21. The summed E-state index contributed by atoms with van der Waals surface area (Å²) in [4.78, 5) is 28.1. The third-order valence-corrected chi connectivity index (χ3v) is 3.02. The molecule has 6 heteroatoms. The van der Waals surface area contributed by atoms with E-state index in [-0.39, 0.29) is 17.0 Å². The molecule has 2 amide bonds. The van der Waals surface area contributed by atoms with Crippen LogP contribution in [0, 0.1) is 0 Å². The summed E-state index contributed by atoms with van der Waals surface area (Å²) in [7, 11) is 0. The number of nitrogens with one attached hydrogen (secondary N) is 2. The third kappa shape index (κ3) is 3.93. The van der Waals surface area contributed by atoms with Gasteiger partial charge in [-0.05, 0) is 24.3 Å². The Kier molecular flexibility index (Phi) is 5.27. The predicted molar refractivity (Wildman–Crippen MR) is 86.2 cm³/mol. The van der Waals surface area contributed by atoms with Gasteiger partial charge in [-0.2, -0.15) is 0 Å². The molecule has 22 heavy (non-hydrogen) atoms. The van der Waals surface area contributed by atoms with Crippen molar-refractivity contribution in [1.29, 1.82) is 0 Å². The SMILES string of the molecule is C=CCNC(=O)c1ccccc1NC(=O)c1ccnc(Cl)c1. The van der Waals surface area contributed by atoms with Crippen LogP contribution in [0.4, 0.5) is 5.69 Å². The minimum atomic E-state index is -0.367. The van der Waals surface area contributed by atoms with Gasteiger partial charge in [0.25, 0.3) is 11.8 Å². The van der Waals surface area contributed by atoms with Gasteiger partial charge in [-0.15, -0.1) is 6.58 Å². The van der Waals surface area contributed by atoms with E-state index in [4.69, 9.17) is 11.6 Å². The second-order valence-electron chi connectivity index (χ2n) is 4.37. The van der Waals surface area contributed by atoms with Gasteiger partial charge >= 0.3 is 0 Å². The Morgan fingerprint density at radius 3 is 2.73 bits per heavy atom. The smallest absolute Gasteiger partial charge is 0.255 e. The Morgan fingerprint density at radius 2 is 2.00 bits per heavy atom. The zero-order chi connectivity index (χ0) is 15.9. The first-order valence-corrected chi connectivity index (χ1v) is 6.90. The second kappa shape index (κ2) is 7.38. The van der Waals surface area contributed by atoms with Crippen molar-refractivity contribution >= 4 is 29.1 Å². The summed E-state index contributed by atoms with van der Waals surface area (Å²) in [5.41, 5.74) is 1.15. The predicted octanol–water partition coefficient (Wildman–Crippen LogP) is 2.90. The van der Waals surface area contributed by atoms with Crippen LogP contribution in [0.2, 0.25) is 5.15 Å². The van der Waals surface area contributed by atoms with E-state index < -0.39 is 0 Å². The summed E-state index contributed by atoms with van der Waals surface area (Å²) in [6.07, 6.45) is 3.03. The van der Waals surface area contributed by atoms with Gasteiger partial charge < -0.3 is 10.6 Å². The normalized spacial score (nSPS) is 9.86. The lowest BCUT2D eigenvalue weighted by atomic mass is 10.1. The minimum absolute atomic E-state index is 0.227. The average Bonchev–Trinajstić information content (AvgIpc) is 2.53. The van der Waals surface area contributed by atoms with Crippen LogP contribution >= 0.6 is 11.6 Å². The van der Waals surface area contributed by atoms with Crippen LogP contribution in [0.1, 0.15) is 20.7 Å². The molecule has 112 valence electrons. The van der Waals surface area contributed by atoms with Crippen molar-refractivity contribution in [2.75, 3.05) is 11.9 Å². The molecule has 1 heterocycles. The molecular weight excluding hydrogens is 302 g/mol. The number of halogens is 1. The number of amides is 2. The molecule has 0 unspecified atom stereocenters. The molecule has 5 nitrogen and oxygen atoms in total. The van der Waals surface area contributed by atoms with E-state index in [1.807, 2.05) is 0 Å². The lowest BCUT2D eigenvalue weighted by Gasteiger charge is -2.11. The van der Waals surface area contributed by atoms with Crippen LogP contribution in [0.25, 0.3) is 0 Å². The number of aromatic nitrogens is 1. The van der Waals surface area contributed by atoms with Crippen molar-refractivity contribution in [1.82, 2.24) is 10.3 Å². The highest BCUT2D eigenvalue weighted by Crippen LogP contribution is 2.17. The van der Waals surface area contributed by atoms with Crippen molar-refractivity contribution in [2.24, 2.45) is 0 Å². The molecule has 0 saturated heterocycles. The van der Waals surface area contributed by atoms with Crippen LogP contribution in [0.15, 0.2) is 55.3 Å². The second-order valence-corrected chi connectivity index (χ2v) is 4.75. The van der Waals surface area contributed by atoms with Crippen LogP contribution in [0.3, 0.4) is 0 Å². The molecule has 0 aliphatic heterocycles. The molecule has 0 saturated carbocycles. The molecule has 0 aliphatic rings. The van der Waals surface area contributed by atoms with E-state index in [0.717, 1.165) is 0 Å². The molecular formula is C16H14ClN3O2. The molecule has 2 N–H and O–H groups in total. The number of nitrogens with zero attached hydrogens (tertiary/aromatic N) is 1. The van der Waals surface area contributed by atoms with Gasteiger partial charge in [0.1, 0.15) is 5.15 Å². The monoisotopic (exact) mass is 315 g/mol. The van der Waals surface area contributed by atoms with Crippen LogP contribution < -0.4 is 10.6 Å². The van der Waals surface area contributed by atoms with Gasteiger partial charge in [0.15, 0.2) is 0 Å². The van der Waals surface area contributed by atoms with Gasteiger partial charge in [-0.25, -0.2) is 4.98 Å². The number of pyridine rings is 1. The zero-order valence-electron chi connectivity index (χ0n) is 11.7. The summed E-state index contributed by atoms with van der Waals surface area (Å²) in [5, 5.41) is 5.60. The summed E-state index contributed by atoms with van der Waals surface area (Å²) >= 11 is 5.77. The van der Waals surface area contributed by atoms with E-state index in [2.05, 4.69) is 22.2 Å². The summed E-state index contributed by atoms with van der Waals surface area (Å²) in [6.45, 7) is 3.89. The molecule has 0 spiro atoms. The topological polar surface area (TPSA) is 71.1 Å². The molecule has 1 aromatic heterocycles. The zero-order valence-corrected chi connectivity index (χ0v) is 12.4. The van der Waals surface area contributed by atoms with Gasteiger partial charge in [-0.3, -0.25) is 9.59 Å². The average molecular weight is 316 g/mol. The van der Waals surface area contributed by atoms with E-state index in [9.17, 15) is 9.59 Å². The number of anilines is 1. The number of carbonyl (C=O) groups is 2. The molecule has 0 aliphatic carbocycles. The number of carbonyl (C=O) groups excluding carboxylic acids is 2. The Hall–Kier alpha value is -2.66. The van der Waals surface area contributed by atoms with Crippen molar-refractivity contribution in [2.45, 2.75) is 0 Å². The molecule has 1 aromatic carbocycles. The molecule has 0 fully saturated rings. The highest BCUT2D eigenvalue weighted by molar-refractivity contribution is 6.29. The lowest BCUT2D eigenvalue weighted by molar-refractivity contribution is 0.0959. The maximum Gasteiger partial charge on any atom is 0.255 e. The van der Waals surface area contributed by atoms with Crippen molar-refractivity contribution in [3.63, 3.8) is 0 Å². The molecule has 0 atom stereocenters. The third-order valence-electron chi connectivity index (χ3n) is 2.82. The molecule has 0 radical (unpaired) electrons. The van der Waals surface area contributed by atoms with Gasteiger partial charge in [-0.1, -0.05) is 29.8 Å². The fourth-order valence-corrected chi connectivity index (χ4v) is 1.96. The van der Waals surface area contributed by atoms with Crippen molar-refractivity contribution in [3.8, 4) is 0 Å². The number of hydrogen-bond donors (Lipinski definition) is 2. The standard InChI is InChI=1S/C16H14ClN3O2/c1-2-8-19-16(22)12-5-3-4-6-13(12)20-15(21)11-7-9-18-14(17)10-11/h2-7,9-10H,1,8H2,(H,19,22)(H,20,21). The Labute approximate surface area is 133 Å². The Morgan fingerprint density at radius 1 is 1.23 bits per heavy atom. The lowest BCUT2D eigenvalue weighted by Crippen LogP contribution is -2.25. The first kappa shape index (κ1) is 15.7. The summed E-state index contributed by atoms with van der Waals surface area (Å²) in [6, 6.07) is 9.75. The van der Waals surface area contributed by atoms with Gasteiger partial charge in [0, 0.05) is 18.3 Å². The molecule has 2 aromatic rings. The van der Waals surface area contributed by atoms with Crippen molar-refractivity contribution < 1.29 is 9.59 Å². The largest absolute Gasteiger partial charge is 0.349 e. The van der Waals surface area contributed by atoms with E-state index in [1.165, 1.54) is 12.3 Å². The Bertz CT molecular complexity index is 716. The highest BCUT2D eigenvalue weighted by Gasteiger charge is 2.13. The first-order chi connectivity index (χ1) is 10.6. The summed E-state index contributed by atoms with van der Waals surface area (Å²) in [5.74, 6) is -0.656. The van der Waals surface area contributed by atoms with Crippen LogP contribution in [-0.2, 0) is 0 Å². The highest BCUT2D eigenvalue weighted by atomic mass is 35.5. The maximum atomic E-state index is 12.2. The van der Waals surface area contributed by atoms with Gasteiger partial charge in [0.2, 0.25) is 0 Å². The number of para-hydroxylation sites is 1. The first-order valence-electron chi connectivity index (χ1n) is 6.53. The van der Waals surface area contributed by atoms with Gasteiger partial charge in [0.05, 0.1) is 11.3 Å². The van der Waals surface area contributed by atoms with Crippen molar-refractivity contribution in [3.05, 3.63) is 71.5 Å². The van der Waals surface area contributed by atoms with E-state index in [0.29, 0.717) is 23.4 Å².